The Hall–Kier alpha value is -2.31. The first-order valence-corrected chi connectivity index (χ1v) is 10.0. The lowest BCUT2D eigenvalue weighted by molar-refractivity contribution is 0.459. The summed E-state index contributed by atoms with van der Waals surface area (Å²) >= 11 is 0. The van der Waals surface area contributed by atoms with E-state index in [1.54, 1.807) is 0 Å². The van der Waals surface area contributed by atoms with Crippen molar-refractivity contribution >= 4 is 5.96 Å². The first-order valence-electron chi connectivity index (χ1n) is 10.0. The van der Waals surface area contributed by atoms with Crippen molar-refractivity contribution in [3.8, 4) is 0 Å². The van der Waals surface area contributed by atoms with Crippen LogP contribution in [0.3, 0.4) is 0 Å². The van der Waals surface area contributed by atoms with Crippen LogP contribution in [0.4, 0.5) is 0 Å². The van der Waals surface area contributed by atoms with Crippen LogP contribution in [0.25, 0.3) is 0 Å². The van der Waals surface area contributed by atoms with Crippen molar-refractivity contribution < 1.29 is 0 Å². The molecule has 1 aliphatic heterocycles. The molecule has 1 unspecified atom stereocenters. The molecule has 148 valence electrons. The second-order valence-corrected chi connectivity index (χ2v) is 7.43. The maximum Gasteiger partial charge on any atom is 0.193 e. The Balaban J connectivity index is 1.60. The Labute approximate surface area is 162 Å². The van der Waals surface area contributed by atoms with Gasteiger partial charge in [0, 0.05) is 58.2 Å². The quantitative estimate of drug-likeness (QED) is 0.622. The third-order valence-electron chi connectivity index (χ3n) is 5.53. The highest BCUT2D eigenvalue weighted by atomic mass is 15.3. The lowest BCUT2D eigenvalue weighted by Crippen LogP contribution is -2.40. The molecule has 0 radical (unpaired) electrons. The molecule has 0 amide bonds. The van der Waals surface area contributed by atoms with Crippen LogP contribution in [-0.4, -0.2) is 50.6 Å². The van der Waals surface area contributed by atoms with E-state index in [2.05, 4.69) is 45.5 Å². The highest BCUT2D eigenvalue weighted by molar-refractivity contribution is 5.80. The molecule has 0 bridgehead atoms. The molecule has 7 heteroatoms. The number of aryl methyl sites for hydroxylation is 3. The number of rotatable bonds is 6. The van der Waals surface area contributed by atoms with Crippen molar-refractivity contribution in [2.45, 2.75) is 46.1 Å². The maximum atomic E-state index is 4.68. The maximum absolute atomic E-state index is 4.68. The normalized spacial score (nSPS) is 17.7. The van der Waals surface area contributed by atoms with Crippen molar-refractivity contribution in [2.75, 3.05) is 20.1 Å². The molecule has 27 heavy (non-hydrogen) atoms. The van der Waals surface area contributed by atoms with Gasteiger partial charge in [-0.2, -0.15) is 10.2 Å². The van der Waals surface area contributed by atoms with Crippen molar-refractivity contribution in [1.29, 1.82) is 0 Å². The minimum absolute atomic E-state index is 0.656. The lowest BCUT2D eigenvalue weighted by atomic mass is 10.0. The fourth-order valence-electron chi connectivity index (χ4n) is 4.20. The zero-order chi connectivity index (χ0) is 19.4. The number of likely N-dealkylation sites (tertiary alicyclic amines) is 1. The fourth-order valence-corrected chi connectivity index (χ4v) is 4.20. The van der Waals surface area contributed by atoms with E-state index in [1.807, 2.05) is 36.7 Å². The summed E-state index contributed by atoms with van der Waals surface area (Å²) in [6.07, 6.45) is 8.34. The van der Waals surface area contributed by atoms with Crippen LogP contribution in [0.5, 0.6) is 0 Å². The fraction of sp³-hybridized carbons (Fsp3) is 0.650. The molecule has 7 nitrogen and oxygen atoms in total. The van der Waals surface area contributed by atoms with E-state index in [-0.39, 0.29) is 0 Å². The average Bonchev–Trinajstić information content (AvgIpc) is 3.35. The van der Waals surface area contributed by atoms with Gasteiger partial charge in [0.25, 0.3) is 0 Å². The first kappa shape index (κ1) is 19.5. The zero-order valence-electron chi connectivity index (χ0n) is 17.4. The third kappa shape index (κ3) is 4.34. The number of hydrogen-bond donors (Lipinski definition) is 1. The van der Waals surface area contributed by atoms with Gasteiger partial charge in [0.2, 0.25) is 0 Å². The second-order valence-electron chi connectivity index (χ2n) is 7.43. The van der Waals surface area contributed by atoms with Gasteiger partial charge in [-0.1, -0.05) is 13.8 Å². The molecular weight excluding hydrogens is 338 g/mol. The molecule has 0 spiro atoms. The van der Waals surface area contributed by atoms with Crippen molar-refractivity contribution in [3.63, 3.8) is 0 Å². The predicted octanol–water partition coefficient (Wildman–Crippen LogP) is 1.92. The number of aliphatic imine (C=N–C) groups is 1. The number of nitrogens with one attached hydrogen (secondary N) is 1. The monoisotopic (exact) mass is 371 g/mol. The molecule has 1 aliphatic rings. The van der Waals surface area contributed by atoms with E-state index in [9.17, 15) is 0 Å². The summed E-state index contributed by atoms with van der Waals surface area (Å²) in [5, 5.41) is 12.5. The summed E-state index contributed by atoms with van der Waals surface area (Å²) in [4.78, 5) is 6.92. The summed E-state index contributed by atoms with van der Waals surface area (Å²) in [6, 6.07) is 0. The molecular formula is C20H33N7. The Kier molecular flexibility index (Phi) is 6.19. The van der Waals surface area contributed by atoms with E-state index < -0.39 is 0 Å². The van der Waals surface area contributed by atoms with E-state index in [0.29, 0.717) is 5.92 Å². The summed E-state index contributed by atoms with van der Waals surface area (Å²) in [5.41, 5.74) is 5.15. The van der Waals surface area contributed by atoms with Crippen LogP contribution in [0, 0.1) is 5.92 Å². The summed E-state index contributed by atoms with van der Waals surface area (Å²) < 4.78 is 3.91. The molecule has 1 N–H and O–H groups in total. The molecule has 1 atom stereocenters. The molecule has 3 heterocycles. The van der Waals surface area contributed by atoms with Gasteiger partial charge in [-0.3, -0.25) is 14.4 Å². The van der Waals surface area contributed by atoms with Gasteiger partial charge in [0.05, 0.1) is 11.9 Å². The predicted molar refractivity (Wildman–Crippen MR) is 109 cm³/mol. The summed E-state index contributed by atoms with van der Waals surface area (Å²) in [6.45, 7) is 7.25. The van der Waals surface area contributed by atoms with Gasteiger partial charge in [-0.25, -0.2) is 0 Å². The molecule has 2 aromatic rings. The Morgan fingerprint density at radius 1 is 1.30 bits per heavy atom. The van der Waals surface area contributed by atoms with Gasteiger partial charge >= 0.3 is 0 Å². The number of aromatic nitrogens is 4. The number of hydrogen-bond acceptors (Lipinski definition) is 3. The smallest absolute Gasteiger partial charge is 0.193 e. The second kappa shape index (κ2) is 8.59. The first-order chi connectivity index (χ1) is 13.0. The number of nitrogens with zero attached hydrogens (tertiary/aromatic N) is 6. The average molecular weight is 372 g/mol. The van der Waals surface area contributed by atoms with Crippen LogP contribution in [0.1, 0.15) is 42.8 Å². The third-order valence-corrected chi connectivity index (χ3v) is 5.53. The minimum atomic E-state index is 0.656. The van der Waals surface area contributed by atoms with Gasteiger partial charge in [0.1, 0.15) is 0 Å². The molecule has 0 aliphatic carbocycles. The SMILES string of the molecule is CCc1nn(C)c(CC)c1CNC(=NC)N1CCC(Cc2cnn(C)c2)C1. The van der Waals surface area contributed by atoms with Gasteiger partial charge in [0.15, 0.2) is 5.96 Å². The molecule has 3 rings (SSSR count). The molecule has 0 aromatic carbocycles. The van der Waals surface area contributed by atoms with Crippen molar-refractivity contribution in [1.82, 2.24) is 29.8 Å². The van der Waals surface area contributed by atoms with Crippen LogP contribution in [0.2, 0.25) is 0 Å². The van der Waals surface area contributed by atoms with E-state index in [0.717, 1.165) is 44.9 Å². The minimum Gasteiger partial charge on any atom is -0.352 e. The number of guanidine groups is 1. The van der Waals surface area contributed by atoms with Crippen molar-refractivity contribution in [3.05, 3.63) is 34.9 Å². The molecule has 0 saturated carbocycles. The highest BCUT2D eigenvalue weighted by Crippen LogP contribution is 2.21. The molecule has 1 saturated heterocycles. The van der Waals surface area contributed by atoms with Crippen LogP contribution >= 0.6 is 0 Å². The molecule has 1 fully saturated rings. The van der Waals surface area contributed by atoms with Gasteiger partial charge in [-0.05, 0) is 37.2 Å². The Bertz CT molecular complexity index is 786. The van der Waals surface area contributed by atoms with Gasteiger partial charge in [-0.15, -0.1) is 0 Å². The largest absolute Gasteiger partial charge is 0.352 e. The summed E-state index contributed by atoms with van der Waals surface area (Å²) in [7, 11) is 5.89. The zero-order valence-corrected chi connectivity index (χ0v) is 17.4. The lowest BCUT2D eigenvalue weighted by Gasteiger charge is -2.22. The highest BCUT2D eigenvalue weighted by Gasteiger charge is 2.25. The Morgan fingerprint density at radius 2 is 2.11 bits per heavy atom. The van der Waals surface area contributed by atoms with Crippen molar-refractivity contribution in [2.24, 2.45) is 25.0 Å². The van der Waals surface area contributed by atoms with Crippen LogP contribution in [0.15, 0.2) is 17.4 Å². The van der Waals surface area contributed by atoms with Crippen LogP contribution < -0.4 is 5.32 Å². The summed E-state index contributed by atoms with van der Waals surface area (Å²) in [5.74, 6) is 1.65. The Morgan fingerprint density at radius 3 is 2.74 bits per heavy atom. The van der Waals surface area contributed by atoms with E-state index in [4.69, 9.17) is 0 Å². The van der Waals surface area contributed by atoms with Crippen LogP contribution in [-0.2, 0) is 39.9 Å². The van der Waals surface area contributed by atoms with Gasteiger partial charge < -0.3 is 10.2 Å². The van der Waals surface area contributed by atoms with E-state index in [1.165, 1.54) is 28.9 Å². The standard InChI is InChI=1S/C20H33N7/c1-6-18-17(19(7-2)26(5)24-18)12-22-20(21-3)27-9-8-15(14-27)10-16-11-23-25(4)13-16/h11,13,15H,6-10,12,14H2,1-5H3,(H,21,22). The molecule has 2 aromatic heterocycles. The van der Waals surface area contributed by atoms with E-state index >= 15 is 0 Å². The topological polar surface area (TPSA) is 63.3 Å².